The Labute approximate surface area is 126 Å². The average Bonchev–Trinajstić information content (AvgIpc) is 2.29. The molecule has 0 aliphatic heterocycles. The fourth-order valence-corrected chi connectivity index (χ4v) is 2.42. The van der Waals surface area contributed by atoms with Crippen molar-refractivity contribution in [1.29, 1.82) is 0 Å². The number of nitrogens with zero attached hydrogens (tertiary/aromatic N) is 1. The third-order valence-corrected chi connectivity index (χ3v) is 4.25. The van der Waals surface area contributed by atoms with Crippen molar-refractivity contribution >= 4 is 38.5 Å². The first-order valence-corrected chi connectivity index (χ1v) is 7.15. The van der Waals surface area contributed by atoms with Gasteiger partial charge in [0.25, 0.3) is 5.56 Å². The summed E-state index contributed by atoms with van der Waals surface area (Å²) in [7, 11) is 0. The summed E-state index contributed by atoms with van der Waals surface area (Å²) < 4.78 is 16.9. The summed E-state index contributed by atoms with van der Waals surface area (Å²) in [5.41, 5.74) is 1.32. The van der Waals surface area contributed by atoms with Crippen LogP contribution in [0, 0.1) is 16.3 Å². The van der Waals surface area contributed by atoms with E-state index < -0.39 is 0 Å². The van der Waals surface area contributed by atoms with E-state index in [9.17, 15) is 9.18 Å². The summed E-state index contributed by atoms with van der Waals surface area (Å²) in [6, 6.07) is 6.42. The Morgan fingerprint density at radius 3 is 2.78 bits per heavy atom. The van der Waals surface area contributed by atoms with Gasteiger partial charge in [-0.3, -0.25) is 4.79 Å². The number of rotatable bonds is 2. The predicted molar refractivity (Wildman–Crippen MR) is 81.4 cm³/mol. The van der Waals surface area contributed by atoms with Crippen LogP contribution in [0.1, 0.15) is 11.1 Å². The molecule has 0 radical (unpaired) electrons. The summed E-state index contributed by atoms with van der Waals surface area (Å²) >= 11 is 5.37. The molecule has 2 aromatic rings. The normalized spacial score (nSPS) is 10.7. The molecule has 0 saturated heterocycles. The van der Waals surface area contributed by atoms with Crippen LogP contribution in [0.15, 0.2) is 39.7 Å². The molecule has 1 aromatic carbocycles. The summed E-state index contributed by atoms with van der Waals surface area (Å²) in [5.74, 6) is -0.313. The zero-order valence-corrected chi connectivity index (χ0v) is 13.3. The molecule has 18 heavy (non-hydrogen) atoms. The van der Waals surface area contributed by atoms with Gasteiger partial charge in [0.1, 0.15) is 5.82 Å². The Bertz CT molecular complexity index is 654. The van der Waals surface area contributed by atoms with Crippen molar-refractivity contribution in [2.24, 2.45) is 0 Å². The van der Waals surface area contributed by atoms with E-state index in [4.69, 9.17) is 0 Å². The first kappa shape index (κ1) is 13.7. The van der Waals surface area contributed by atoms with Crippen LogP contribution in [0.4, 0.5) is 4.39 Å². The first-order chi connectivity index (χ1) is 8.47. The van der Waals surface area contributed by atoms with E-state index in [1.54, 1.807) is 24.4 Å². The lowest BCUT2D eigenvalue weighted by Crippen LogP contribution is -2.21. The van der Waals surface area contributed by atoms with Gasteiger partial charge in [0.2, 0.25) is 0 Å². The van der Waals surface area contributed by atoms with Crippen molar-refractivity contribution in [3.8, 4) is 0 Å². The Morgan fingerprint density at radius 1 is 1.39 bits per heavy atom. The number of halogens is 3. The maximum atomic E-state index is 13.7. The fourth-order valence-electron chi connectivity index (χ4n) is 1.60. The predicted octanol–water partition coefficient (Wildman–Crippen LogP) is 3.71. The third kappa shape index (κ3) is 3.00. The molecule has 0 unspecified atom stereocenters. The number of aromatic nitrogens is 1. The number of benzene rings is 1. The van der Waals surface area contributed by atoms with Crippen molar-refractivity contribution in [3.05, 3.63) is 65.8 Å². The van der Waals surface area contributed by atoms with Gasteiger partial charge in [-0.05, 0) is 47.2 Å². The third-order valence-electron chi connectivity index (χ3n) is 2.62. The Balaban J connectivity index is 2.40. The van der Waals surface area contributed by atoms with Crippen LogP contribution in [-0.4, -0.2) is 4.57 Å². The van der Waals surface area contributed by atoms with Crippen LogP contribution in [-0.2, 0) is 6.54 Å². The molecule has 0 amide bonds. The second kappa shape index (κ2) is 5.52. The minimum Gasteiger partial charge on any atom is -0.310 e. The highest BCUT2D eigenvalue weighted by Crippen LogP contribution is 2.16. The van der Waals surface area contributed by atoms with E-state index in [2.05, 4.69) is 38.5 Å². The van der Waals surface area contributed by atoms with Crippen LogP contribution in [0.2, 0.25) is 0 Å². The highest BCUT2D eigenvalue weighted by Gasteiger charge is 2.06. The number of pyridine rings is 1. The quantitative estimate of drug-likeness (QED) is 0.677. The largest absolute Gasteiger partial charge is 0.310 e. The molecule has 0 fully saturated rings. The molecule has 0 atom stereocenters. The van der Waals surface area contributed by atoms with Crippen LogP contribution in [0.5, 0.6) is 0 Å². The monoisotopic (exact) mass is 421 g/mol. The van der Waals surface area contributed by atoms with Gasteiger partial charge in [0.05, 0.1) is 6.54 Å². The lowest BCUT2D eigenvalue weighted by molar-refractivity contribution is 0.595. The number of hydrogen-bond donors (Lipinski definition) is 0. The molecule has 0 aliphatic rings. The lowest BCUT2D eigenvalue weighted by atomic mass is 10.2. The van der Waals surface area contributed by atoms with Crippen LogP contribution >= 0.6 is 38.5 Å². The first-order valence-electron chi connectivity index (χ1n) is 5.28. The number of aryl methyl sites for hydroxylation is 1. The van der Waals surface area contributed by atoms with E-state index in [1.807, 2.05) is 6.92 Å². The summed E-state index contributed by atoms with van der Waals surface area (Å²) in [6.45, 7) is 2.13. The van der Waals surface area contributed by atoms with E-state index in [0.717, 1.165) is 9.13 Å². The van der Waals surface area contributed by atoms with Crippen molar-refractivity contribution < 1.29 is 4.39 Å². The van der Waals surface area contributed by atoms with Gasteiger partial charge in [-0.15, -0.1) is 0 Å². The molecule has 0 N–H and O–H groups in total. The standard InChI is InChI=1S/C13H10BrFINO/c1-8-4-13(18)17(7-12(8)16)6-9-2-3-10(14)5-11(9)15/h2-5,7H,6H2,1H3. The minimum atomic E-state index is -0.313. The average molecular weight is 422 g/mol. The highest BCUT2D eigenvalue weighted by molar-refractivity contribution is 14.1. The molecule has 1 aromatic heterocycles. The van der Waals surface area contributed by atoms with Crippen LogP contribution in [0.25, 0.3) is 0 Å². The topological polar surface area (TPSA) is 22.0 Å². The maximum absolute atomic E-state index is 13.7. The molecule has 0 spiro atoms. The lowest BCUT2D eigenvalue weighted by Gasteiger charge is -2.09. The van der Waals surface area contributed by atoms with Gasteiger partial charge in [0, 0.05) is 25.9 Å². The second-order valence-corrected chi connectivity index (χ2v) is 6.08. The minimum absolute atomic E-state index is 0.116. The molecule has 1 heterocycles. The van der Waals surface area contributed by atoms with Crippen LogP contribution in [0.3, 0.4) is 0 Å². The van der Waals surface area contributed by atoms with Gasteiger partial charge < -0.3 is 4.57 Å². The van der Waals surface area contributed by atoms with Gasteiger partial charge >= 0.3 is 0 Å². The zero-order chi connectivity index (χ0) is 13.3. The maximum Gasteiger partial charge on any atom is 0.251 e. The van der Waals surface area contributed by atoms with Gasteiger partial charge in [0.15, 0.2) is 0 Å². The van der Waals surface area contributed by atoms with Crippen molar-refractivity contribution in [2.45, 2.75) is 13.5 Å². The van der Waals surface area contributed by atoms with Gasteiger partial charge in [-0.1, -0.05) is 22.0 Å². The molecule has 0 bridgehead atoms. The van der Waals surface area contributed by atoms with Gasteiger partial charge in [-0.25, -0.2) is 4.39 Å². The van der Waals surface area contributed by atoms with Crippen LogP contribution < -0.4 is 5.56 Å². The fraction of sp³-hybridized carbons (Fsp3) is 0.154. The van der Waals surface area contributed by atoms with Crippen molar-refractivity contribution in [3.63, 3.8) is 0 Å². The molecular formula is C13H10BrFINO. The summed E-state index contributed by atoms with van der Waals surface area (Å²) in [5, 5.41) is 0. The second-order valence-electron chi connectivity index (χ2n) is 4.01. The summed E-state index contributed by atoms with van der Waals surface area (Å²) in [4.78, 5) is 11.8. The molecule has 2 nitrogen and oxygen atoms in total. The SMILES string of the molecule is Cc1cc(=O)n(Cc2ccc(Br)cc2F)cc1I. The smallest absolute Gasteiger partial charge is 0.251 e. The van der Waals surface area contributed by atoms with Gasteiger partial charge in [-0.2, -0.15) is 0 Å². The van der Waals surface area contributed by atoms with Crippen molar-refractivity contribution in [1.82, 2.24) is 4.57 Å². The zero-order valence-electron chi connectivity index (χ0n) is 9.58. The van der Waals surface area contributed by atoms with E-state index >= 15 is 0 Å². The number of hydrogen-bond acceptors (Lipinski definition) is 1. The Kier molecular flexibility index (Phi) is 4.21. The summed E-state index contributed by atoms with van der Waals surface area (Å²) in [6.07, 6.45) is 1.75. The highest BCUT2D eigenvalue weighted by atomic mass is 127. The van der Waals surface area contributed by atoms with E-state index in [0.29, 0.717) is 10.0 Å². The Morgan fingerprint density at radius 2 is 2.11 bits per heavy atom. The molecular weight excluding hydrogens is 412 g/mol. The molecule has 2 rings (SSSR count). The molecule has 94 valence electrons. The molecule has 0 saturated carbocycles. The van der Waals surface area contributed by atoms with E-state index in [1.165, 1.54) is 10.6 Å². The van der Waals surface area contributed by atoms with E-state index in [-0.39, 0.29) is 17.9 Å². The molecule has 0 aliphatic carbocycles. The van der Waals surface area contributed by atoms with Crippen molar-refractivity contribution in [2.75, 3.05) is 0 Å². The Hall–Kier alpha value is -0.690. The molecule has 5 heteroatoms.